The van der Waals surface area contributed by atoms with Crippen LogP contribution in [0.2, 0.25) is 0 Å². The van der Waals surface area contributed by atoms with Crippen molar-refractivity contribution in [2.45, 2.75) is 52.1 Å². The molecule has 0 aromatic carbocycles. The van der Waals surface area contributed by atoms with Gasteiger partial charge in [-0.25, -0.2) is 19.2 Å². The van der Waals surface area contributed by atoms with Gasteiger partial charge in [0.05, 0.1) is 6.61 Å². The van der Waals surface area contributed by atoms with Crippen LogP contribution >= 0.6 is 0 Å². The second-order valence-corrected chi connectivity index (χ2v) is 6.99. The Morgan fingerprint density at radius 1 is 0.688 bits per heavy atom. The molecule has 0 aliphatic carbocycles. The Morgan fingerprint density at radius 2 is 1.03 bits per heavy atom. The Kier molecular flexibility index (Phi) is 11.6. The van der Waals surface area contributed by atoms with Crippen LogP contribution in [0.3, 0.4) is 0 Å². The fraction of sp³-hybridized carbons (Fsp3) is 0.409. The summed E-state index contributed by atoms with van der Waals surface area (Å²) in [7, 11) is 0. The third kappa shape index (κ3) is 8.68. The lowest BCUT2D eigenvalue weighted by Crippen LogP contribution is -2.53. The molecule has 10 heteroatoms. The standard InChI is InChI=1S/C22H28O10/c1-11(2)19(25)29-15(9-23)17(31-21(27)13(5)6)18(32-22(28)14(7)8)16(10-24)30-20(26)12(3)4/h9,15-18,24H,1,3,5,7,10H2,2,4,6,8H3/t15-,16+,17+,18+/m0/s1. The fourth-order valence-electron chi connectivity index (χ4n) is 1.97. The van der Waals surface area contributed by atoms with Crippen LogP contribution in [-0.4, -0.2) is 66.3 Å². The highest BCUT2D eigenvalue weighted by atomic mass is 16.6. The number of rotatable bonds is 13. The smallest absolute Gasteiger partial charge is 0.333 e. The van der Waals surface area contributed by atoms with Gasteiger partial charge in [0, 0.05) is 22.3 Å². The predicted molar refractivity (Wildman–Crippen MR) is 112 cm³/mol. The average molecular weight is 452 g/mol. The second kappa shape index (κ2) is 13.0. The van der Waals surface area contributed by atoms with E-state index in [0.29, 0.717) is 0 Å². The molecule has 0 saturated carbocycles. The van der Waals surface area contributed by atoms with Crippen molar-refractivity contribution in [2.24, 2.45) is 0 Å². The van der Waals surface area contributed by atoms with Crippen LogP contribution in [0.25, 0.3) is 0 Å². The molecule has 0 aliphatic rings. The zero-order valence-electron chi connectivity index (χ0n) is 18.5. The summed E-state index contributed by atoms with van der Waals surface area (Å²) in [5, 5.41) is 9.81. The third-order valence-corrected chi connectivity index (χ3v) is 3.71. The van der Waals surface area contributed by atoms with Crippen LogP contribution in [0, 0.1) is 0 Å². The van der Waals surface area contributed by atoms with Crippen LogP contribution in [-0.2, 0) is 42.9 Å². The summed E-state index contributed by atoms with van der Waals surface area (Å²) >= 11 is 0. The van der Waals surface area contributed by atoms with E-state index in [9.17, 15) is 29.1 Å². The molecule has 0 amide bonds. The van der Waals surface area contributed by atoms with Crippen molar-refractivity contribution in [3.8, 4) is 0 Å². The van der Waals surface area contributed by atoms with Gasteiger partial charge >= 0.3 is 23.9 Å². The highest BCUT2D eigenvalue weighted by Gasteiger charge is 2.44. The third-order valence-electron chi connectivity index (χ3n) is 3.71. The molecule has 0 fully saturated rings. The van der Waals surface area contributed by atoms with Crippen LogP contribution in [0.5, 0.6) is 0 Å². The molecule has 1 N–H and O–H groups in total. The summed E-state index contributed by atoms with van der Waals surface area (Å²) < 4.78 is 20.5. The highest BCUT2D eigenvalue weighted by Crippen LogP contribution is 2.21. The first-order valence-corrected chi connectivity index (χ1v) is 9.28. The first-order valence-electron chi connectivity index (χ1n) is 9.28. The van der Waals surface area contributed by atoms with Crippen molar-refractivity contribution in [3.63, 3.8) is 0 Å². The van der Waals surface area contributed by atoms with Gasteiger partial charge in [0.25, 0.3) is 0 Å². The Labute approximate surface area is 186 Å². The van der Waals surface area contributed by atoms with E-state index in [4.69, 9.17) is 18.9 Å². The maximum Gasteiger partial charge on any atom is 0.333 e. The zero-order valence-corrected chi connectivity index (χ0v) is 18.5. The largest absolute Gasteiger partial charge is 0.452 e. The van der Waals surface area contributed by atoms with Crippen LogP contribution in [0.4, 0.5) is 0 Å². The van der Waals surface area contributed by atoms with Crippen molar-refractivity contribution in [1.82, 2.24) is 0 Å². The van der Waals surface area contributed by atoms with Crippen molar-refractivity contribution in [3.05, 3.63) is 48.6 Å². The van der Waals surface area contributed by atoms with E-state index < -0.39 is 54.9 Å². The zero-order chi connectivity index (χ0) is 25.2. The summed E-state index contributed by atoms with van der Waals surface area (Å²) in [6.07, 6.45) is -6.98. The molecular formula is C22H28O10. The van der Waals surface area contributed by atoms with Gasteiger partial charge in [0.1, 0.15) is 0 Å². The SMILES string of the molecule is C=C(C)C(=O)O[C@@H]([C@H](OC(=O)C(=C)C)[C@@H](CO)OC(=O)C(=C)C)[C@H](C=O)OC(=O)C(=C)C. The monoisotopic (exact) mass is 452 g/mol. The van der Waals surface area contributed by atoms with Gasteiger partial charge < -0.3 is 24.1 Å². The molecule has 4 atom stereocenters. The number of carbonyl (C=O) groups is 5. The Bertz CT molecular complexity index is 823. The topological polar surface area (TPSA) is 142 Å². The highest BCUT2D eigenvalue weighted by molar-refractivity contribution is 5.90. The van der Waals surface area contributed by atoms with E-state index in [1.807, 2.05) is 0 Å². The second-order valence-electron chi connectivity index (χ2n) is 6.99. The van der Waals surface area contributed by atoms with Gasteiger partial charge in [-0.2, -0.15) is 0 Å². The number of esters is 4. The molecule has 0 aromatic heterocycles. The lowest BCUT2D eigenvalue weighted by atomic mass is 10.0. The Hall–Kier alpha value is -3.53. The lowest BCUT2D eigenvalue weighted by Gasteiger charge is -2.34. The molecule has 0 radical (unpaired) electrons. The number of aliphatic hydroxyl groups excluding tert-OH is 1. The molecule has 0 bridgehead atoms. The van der Waals surface area contributed by atoms with E-state index in [-0.39, 0.29) is 28.6 Å². The molecule has 0 spiro atoms. The first kappa shape index (κ1) is 28.5. The molecule has 0 heterocycles. The summed E-state index contributed by atoms with van der Waals surface area (Å²) in [4.78, 5) is 60.2. The van der Waals surface area contributed by atoms with Crippen molar-refractivity contribution in [2.75, 3.05) is 6.61 Å². The minimum absolute atomic E-state index is 0.0513. The number of aldehydes is 1. The van der Waals surface area contributed by atoms with Crippen molar-refractivity contribution < 1.29 is 48.0 Å². The van der Waals surface area contributed by atoms with E-state index in [0.717, 1.165) is 0 Å². The average Bonchev–Trinajstić information content (AvgIpc) is 2.71. The minimum Gasteiger partial charge on any atom is -0.452 e. The predicted octanol–water partition coefficient (Wildman–Crippen LogP) is 1.13. The molecule has 176 valence electrons. The molecule has 0 saturated heterocycles. The van der Waals surface area contributed by atoms with E-state index in [1.165, 1.54) is 27.7 Å². The molecular weight excluding hydrogens is 424 g/mol. The number of hydrogen-bond acceptors (Lipinski definition) is 10. The quantitative estimate of drug-likeness (QED) is 0.187. The first-order chi connectivity index (χ1) is 14.8. The van der Waals surface area contributed by atoms with Crippen molar-refractivity contribution >= 4 is 30.2 Å². The normalized spacial score (nSPS) is 13.9. The molecule has 10 nitrogen and oxygen atoms in total. The van der Waals surface area contributed by atoms with Gasteiger partial charge in [0.15, 0.2) is 30.7 Å². The summed E-state index contributed by atoms with van der Waals surface area (Å²) in [5.74, 6) is -4.03. The van der Waals surface area contributed by atoms with Gasteiger partial charge in [-0.3, -0.25) is 4.79 Å². The minimum atomic E-state index is -1.83. The van der Waals surface area contributed by atoms with E-state index >= 15 is 0 Å². The Balaban J connectivity index is 6.49. The number of hydrogen-bond donors (Lipinski definition) is 1. The van der Waals surface area contributed by atoms with Gasteiger partial charge in [-0.1, -0.05) is 26.3 Å². The maximum absolute atomic E-state index is 12.2. The summed E-state index contributed by atoms with van der Waals surface area (Å²) in [5.41, 5.74) is -0.325. The van der Waals surface area contributed by atoms with E-state index in [1.54, 1.807) is 0 Å². The molecule has 0 aromatic rings. The maximum atomic E-state index is 12.2. The van der Waals surface area contributed by atoms with Crippen LogP contribution < -0.4 is 0 Å². The molecule has 0 rings (SSSR count). The number of carbonyl (C=O) groups excluding carboxylic acids is 5. The summed E-state index contributed by atoms with van der Waals surface area (Å²) in [6.45, 7) is 17.9. The van der Waals surface area contributed by atoms with Gasteiger partial charge in [-0.15, -0.1) is 0 Å². The van der Waals surface area contributed by atoms with Gasteiger partial charge in [0.2, 0.25) is 0 Å². The molecule has 32 heavy (non-hydrogen) atoms. The molecule has 0 unspecified atom stereocenters. The lowest BCUT2D eigenvalue weighted by molar-refractivity contribution is -0.197. The van der Waals surface area contributed by atoms with E-state index in [2.05, 4.69) is 26.3 Å². The number of aliphatic hydroxyl groups is 1. The molecule has 0 aliphatic heterocycles. The fourth-order valence-corrected chi connectivity index (χ4v) is 1.97. The van der Waals surface area contributed by atoms with Gasteiger partial charge in [-0.05, 0) is 27.7 Å². The Morgan fingerprint density at radius 3 is 1.38 bits per heavy atom. The van der Waals surface area contributed by atoms with Crippen LogP contribution in [0.1, 0.15) is 27.7 Å². The number of ether oxygens (including phenoxy) is 4. The van der Waals surface area contributed by atoms with Crippen molar-refractivity contribution in [1.29, 1.82) is 0 Å². The summed E-state index contributed by atoms with van der Waals surface area (Å²) in [6, 6.07) is 0. The van der Waals surface area contributed by atoms with Crippen LogP contribution in [0.15, 0.2) is 48.6 Å².